The Morgan fingerprint density at radius 1 is 1.00 bits per heavy atom. The van der Waals surface area contributed by atoms with Crippen LogP contribution < -0.4 is 15.5 Å². The van der Waals surface area contributed by atoms with Gasteiger partial charge in [-0.05, 0) is 61.9 Å². The van der Waals surface area contributed by atoms with Crippen LogP contribution in [0.5, 0.6) is 5.75 Å². The molecule has 2 N–H and O–H groups in total. The summed E-state index contributed by atoms with van der Waals surface area (Å²) >= 11 is 0. The van der Waals surface area contributed by atoms with E-state index in [4.69, 9.17) is 4.42 Å². The normalized spacial score (nSPS) is 11.9. The van der Waals surface area contributed by atoms with Gasteiger partial charge in [-0.3, -0.25) is 9.59 Å². The molecular weight excluding hydrogens is 458 g/mol. The summed E-state index contributed by atoms with van der Waals surface area (Å²) in [6.45, 7) is 3.34. The Kier molecular flexibility index (Phi) is 7.34. The lowest BCUT2D eigenvalue weighted by Crippen LogP contribution is -2.33. The smallest absolute Gasteiger partial charge is 0.456 e. The highest BCUT2D eigenvalue weighted by atomic mass is 19.3. The molecule has 178 valence electrons. The second kappa shape index (κ2) is 10.2. The first-order valence-electron chi connectivity index (χ1n) is 9.83. The van der Waals surface area contributed by atoms with Gasteiger partial charge in [-0.15, -0.1) is 0 Å². The fraction of sp³-hybridized carbons (Fsp3) is 0.174. The molecule has 0 unspecified atom stereocenters. The van der Waals surface area contributed by atoms with E-state index < -0.39 is 30.1 Å². The van der Waals surface area contributed by atoms with E-state index in [1.54, 1.807) is 50.2 Å². The van der Waals surface area contributed by atoms with Crippen molar-refractivity contribution >= 4 is 23.2 Å². The lowest BCUT2D eigenvalue weighted by Gasteiger charge is -2.17. The Balaban J connectivity index is 1.62. The summed E-state index contributed by atoms with van der Waals surface area (Å²) in [6.07, 6.45) is -8.71. The van der Waals surface area contributed by atoms with Gasteiger partial charge in [0.25, 0.3) is 11.8 Å². The van der Waals surface area contributed by atoms with Crippen LogP contribution in [0.25, 0.3) is 0 Å². The van der Waals surface area contributed by atoms with Crippen molar-refractivity contribution in [1.29, 1.82) is 0 Å². The summed E-state index contributed by atoms with van der Waals surface area (Å²) < 4.78 is 60.0. The summed E-state index contributed by atoms with van der Waals surface area (Å²) in [5.41, 5.74) is 3.68. The molecule has 0 radical (unpaired) electrons. The molecule has 3 aromatic rings. The third-order valence-corrected chi connectivity index (χ3v) is 4.45. The van der Waals surface area contributed by atoms with Crippen LogP contribution in [0, 0.1) is 6.92 Å². The van der Waals surface area contributed by atoms with Crippen molar-refractivity contribution in [3.8, 4) is 5.75 Å². The molecule has 34 heavy (non-hydrogen) atoms. The number of carbonyl (C=O) groups excluding carboxylic acids is 2. The summed E-state index contributed by atoms with van der Waals surface area (Å²) in [5, 5.41) is 6.63. The minimum Gasteiger partial charge on any atom is -0.456 e. The molecule has 0 atom stereocenters. The number of carbonyl (C=O) groups is 2. The second-order valence-electron chi connectivity index (χ2n) is 7.07. The van der Waals surface area contributed by atoms with E-state index in [9.17, 15) is 27.2 Å². The molecule has 1 heterocycles. The van der Waals surface area contributed by atoms with Crippen molar-refractivity contribution in [1.82, 2.24) is 5.43 Å². The van der Waals surface area contributed by atoms with E-state index >= 15 is 0 Å². The zero-order valence-corrected chi connectivity index (χ0v) is 17.9. The minimum absolute atomic E-state index is 0.120. The first-order valence-corrected chi connectivity index (χ1v) is 9.83. The number of nitrogens with zero attached hydrogens (tertiary/aromatic N) is 1. The predicted molar refractivity (Wildman–Crippen MR) is 116 cm³/mol. The van der Waals surface area contributed by atoms with E-state index in [-0.39, 0.29) is 11.3 Å². The van der Waals surface area contributed by atoms with Gasteiger partial charge in [-0.1, -0.05) is 18.2 Å². The molecule has 1 aromatic heterocycles. The number of benzene rings is 2. The number of amides is 2. The van der Waals surface area contributed by atoms with Crippen LogP contribution in [-0.4, -0.2) is 30.1 Å². The van der Waals surface area contributed by atoms with E-state index in [1.807, 2.05) is 0 Å². The van der Waals surface area contributed by atoms with Crippen molar-refractivity contribution in [2.24, 2.45) is 5.10 Å². The number of hydrogen-bond acceptors (Lipinski definition) is 5. The topological polar surface area (TPSA) is 92.9 Å². The van der Waals surface area contributed by atoms with Gasteiger partial charge in [0, 0.05) is 11.3 Å². The standard InChI is InChI=1S/C23H19F4N3O4/c1-13-6-11-19(33-13)21(32)28-17-9-7-15(8-10-17)14(2)29-30-20(31)16-4-3-5-18(12-16)34-23(26,27)22(24)25/h3-12,22H,1-2H3,(H,28,32)(H,30,31)/b29-14+. The quantitative estimate of drug-likeness (QED) is 0.264. The zero-order chi connectivity index (χ0) is 24.9. The Labute approximate surface area is 191 Å². The molecule has 0 spiro atoms. The highest BCUT2D eigenvalue weighted by molar-refractivity contribution is 6.03. The average molecular weight is 477 g/mol. The van der Waals surface area contributed by atoms with Crippen molar-refractivity contribution in [2.45, 2.75) is 26.4 Å². The molecule has 7 nitrogen and oxygen atoms in total. The monoisotopic (exact) mass is 477 g/mol. The van der Waals surface area contributed by atoms with Crippen LogP contribution in [0.2, 0.25) is 0 Å². The summed E-state index contributed by atoms with van der Waals surface area (Å²) in [5.74, 6) is -0.978. The second-order valence-corrected chi connectivity index (χ2v) is 7.07. The van der Waals surface area contributed by atoms with E-state index in [0.717, 1.165) is 12.1 Å². The van der Waals surface area contributed by atoms with E-state index in [2.05, 4.69) is 20.6 Å². The average Bonchev–Trinajstić information content (AvgIpc) is 3.24. The molecule has 0 saturated carbocycles. The van der Waals surface area contributed by atoms with Crippen LogP contribution >= 0.6 is 0 Å². The number of anilines is 1. The maximum Gasteiger partial charge on any atom is 0.461 e. The highest BCUT2D eigenvalue weighted by Gasteiger charge is 2.44. The van der Waals surface area contributed by atoms with Gasteiger partial charge in [0.1, 0.15) is 11.5 Å². The number of ether oxygens (including phenoxy) is 1. The van der Waals surface area contributed by atoms with Gasteiger partial charge < -0.3 is 14.5 Å². The van der Waals surface area contributed by atoms with Crippen LogP contribution in [-0.2, 0) is 0 Å². The molecule has 0 bridgehead atoms. The van der Waals surface area contributed by atoms with E-state index in [0.29, 0.717) is 22.7 Å². The molecule has 0 aliphatic rings. The number of furan rings is 1. The van der Waals surface area contributed by atoms with Gasteiger partial charge in [-0.25, -0.2) is 5.43 Å². The summed E-state index contributed by atoms with van der Waals surface area (Å²) in [4.78, 5) is 24.4. The molecular formula is C23H19F4N3O4. The van der Waals surface area contributed by atoms with Crippen molar-refractivity contribution in [3.05, 3.63) is 83.3 Å². The van der Waals surface area contributed by atoms with Crippen molar-refractivity contribution in [2.75, 3.05) is 5.32 Å². The molecule has 0 aliphatic heterocycles. The number of hydrazone groups is 1. The van der Waals surface area contributed by atoms with Crippen LogP contribution in [0.15, 0.2) is 70.2 Å². The number of alkyl halides is 4. The van der Waals surface area contributed by atoms with Gasteiger partial charge in [-0.2, -0.15) is 22.7 Å². The summed E-state index contributed by atoms with van der Waals surface area (Å²) in [6, 6.07) is 14.2. The number of aryl methyl sites for hydroxylation is 1. The number of halogens is 4. The Morgan fingerprint density at radius 3 is 2.32 bits per heavy atom. The lowest BCUT2D eigenvalue weighted by atomic mass is 10.1. The molecule has 3 rings (SSSR count). The fourth-order valence-electron chi connectivity index (χ4n) is 2.71. The minimum atomic E-state index is -4.69. The number of nitrogens with one attached hydrogen (secondary N) is 2. The Bertz CT molecular complexity index is 1210. The lowest BCUT2D eigenvalue weighted by molar-refractivity contribution is -0.253. The van der Waals surface area contributed by atoms with Gasteiger partial charge in [0.15, 0.2) is 5.76 Å². The number of hydrogen-bond donors (Lipinski definition) is 2. The molecule has 2 amide bonds. The molecule has 0 fully saturated rings. The fourth-order valence-corrected chi connectivity index (χ4v) is 2.71. The maximum absolute atomic E-state index is 13.1. The molecule has 0 aliphatic carbocycles. The maximum atomic E-state index is 13.1. The van der Waals surface area contributed by atoms with Crippen LogP contribution in [0.3, 0.4) is 0 Å². The molecule has 2 aromatic carbocycles. The largest absolute Gasteiger partial charge is 0.461 e. The molecule has 0 saturated heterocycles. The first-order chi connectivity index (χ1) is 16.0. The van der Waals surface area contributed by atoms with Crippen molar-refractivity contribution in [3.63, 3.8) is 0 Å². The first kappa shape index (κ1) is 24.5. The Morgan fingerprint density at radius 2 is 1.71 bits per heavy atom. The van der Waals surface area contributed by atoms with Gasteiger partial charge in [0.2, 0.25) is 0 Å². The van der Waals surface area contributed by atoms with Gasteiger partial charge >= 0.3 is 12.5 Å². The molecule has 11 heteroatoms. The highest BCUT2D eigenvalue weighted by Crippen LogP contribution is 2.27. The van der Waals surface area contributed by atoms with Crippen LogP contribution in [0.1, 0.15) is 39.2 Å². The number of rotatable bonds is 8. The van der Waals surface area contributed by atoms with Crippen molar-refractivity contribution < 1.29 is 36.3 Å². The van der Waals surface area contributed by atoms with E-state index in [1.165, 1.54) is 12.1 Å². The predicted octanol–water partition coefficient (Wildman–Crippen LogP) is 5.23. The Hall–Kier alpha value is -4.15. The summed E-state index contributed by atoms with van der Waals surface area (Å²) in [7, 11) is 0. The SMILES string of the molecule is C/C(=N\NC(=O)c1cccc(OC(F)(F)C(F)F)c1)c1ccc(NC(=O)c2ccc(C)o2)cc1. The third kappa shape index (κ3) is 6.21. The third-order valence-electron chi connectivity index (χ3n) is 4.45. The zero-order valence-electron chi connectivity index (χ0n) is 17.9. The van der Waals surface area contributed by atoms with Crippen LogP contribution in [0.4, 0.5) is 23.2 Å². The van der Waals surface area contributed by atoms with Gasteiger partial charge in [0.05, 0.1) is 5.71 Å².